The van der Waals surface area contributed by atoms with E-state index in [0.29, 0.717) is 5.33 Å². The van der Waals surface area contributed by atoms with Crippen LogP contribution in [-0.2, 0) is 19.1 Å². The van der Waals surface area contributed by atoms with E-state index in [1.165, 1.54) is 0 Å². The molecule has 1 aromatic carbocycles. The molecule has 0 aromatic heterocycles. The van der Waals surface area contributed by atoms with Crippen LogP contribution in [0.1, 0.15) is 32.3 Å². The van der Waals surface area contributed by atoms with Crippen LogP contribution in [0.3, 0.4) is 0 Å². The lowest BCUT2D eigenvalue weighted by molar-refractivity contribution is -0.171. The Balaban J connectivity index is 3.11. The van der Waals surface area contributed by atoms with E-state index in [0.717, 1.165) is 5.56 Å². The first-order chi connectivity index (χ1) is 12.1. The van der Waals surface area contributed by atoms with Crippen LogP contribution < -0.4 is 0 Å². The van der Waals surface area contributed by atoms with Crippen LogP contribution in [0.2, 0.25) is 0 Å². The number of carbonyl (C=O) groups is 2. The van der Waals surface area contributed by atoms with Gasteiger partial charge >= 0.3 is 11.9 Å². The van der Waals surface area contributed by atoms with Crippen LogP contribution >= 0.6 is 15.9 Å². The summed E-state index contributed by atoms with van der Waals surface area (Å²) in [5.41, 5.74) is -0.365. The van der Waals surface area contributed by atoms with E-state index >= 15 is 0 Å². The Kier molecular flexibility index (Phi) is 9.85. The second-order valence-corrected chi connectivity index (χ2v) is 6.02. The lowest BCUT2D eigenvalue weighted by Crippen LogP contribution is -2.41. The van der Waals surface area contributed by atoms with Gasteiger partial charge in [-0.15, -0.1) is 0 Å². The van der Waals surface area contributed by atoms with E-state index in [1.807, 2.05) is 48.6 Å². The Labute approximate surface area is 158 Å². The molecule has 0 aliphatic rings. The first-order valence-electron chi connectivity index (χ1n) is 8.37. The van der Waals surface area contributed by atoms with Crippen LogP contribution in [0.4, 0.5) is 0 Å². The van der Waals surface area contributed by atoms with Gasteiger partial charge in [0.2, 0.25) is 0 Å². The van der Waals surface area contributed by atoms with Crippen LogP contribution in [0, 0.1) is 5.41 Å². The largest absolute Gasteiger partial charge is 0.465 e. The van der Waals surface area contributed by atoms with Crippen molar-refractivity contribution in [1.82, 2.24) is 0 Å². The van der Waals surface area contributed by atoms with Gasteiger partial charge in [0.1, 0.15) is 0 Å². The molecule has 136 valence electrons. The van der Waals surface area contributed by atoms with Crippen molar-refractivity contribution in [1.29, 1.82) is 0 Å². The Morgan fingerprint density at radius 3 is 2.04 bits per heavy atom. The molecule has 1 aromatic rings. The lowest BCUT2D eigenvalue weighted by atomic mass is 9.80. The molecule has 0 N–H and O–H groups in total. The second-order valence-electron chi connectivity index (χ2n) is 5.37. The number of allylic oxidation sites excluding steroid dienone is 3. The maximum absolute atomic E-state index is 12.6. The maximum atomic E-state index is 12.6. The molecule has 0 unspecified atom stereocenters. The Morgan fingerprint density at radius 2 is 1.52 bits per heavy atom. The van der Waals surface area contributed by atoms with Crippen LogP contribution in [0.5, 0.6) is 0 Å². The van der Waals surface area contributed by atoms with Gasteiger partial charge in [-0.1, -0.05) is 70.6 Å². The number of carbonyl (C=O) groups excluding carboxylic acids is 2. The van der Waals surface area contributed by atoms with Crippen molar-refractivity contribution < 1.29 is 19.1 Å². The SMILES string of the molecule is CCOC(=O)C(C/C=C\CBr)(C/C=C/c1ccccc1)C(=O)OCC. The van der Waals surface area contributed by atoms with E-state index in [9.17, 15) is 9.59 Å². The highest BCUT2D eigenvalue weighted by atomic mass is 79.9. The molecule has 0 saturated heterocycles. The number of alkyl halides is 1. The topological polar surface area (TPSA) is 52.6 Å². The molecule has 5 heteroatoms. The first-order valence-corrected chi connectivity index (χ1v) is 9.49. The molecule has 0 aliphatic carbocycles. The van der Waals surface area contributed by atoms with E-state index in [2.05, 4.69) is 15.9 Å². The minimum atomic E-state index is -1.37. The third-order valence-corrected chi connectivity index (χ3v) is 4.00. The zero-order valence-corrected chi connectivity index (χ0v) is 16.3. The van der Waals surface area contributed by atoms with Crippen molar-refractivity contribution in [3.63, 3.8) is 0 Å². The van der Waals surface area contributed by atoms with E-state index in [1.54, 1.807) is 19.9 Å². The third-order valence-electron chi connectivity index (χ3n) is 3.63. The van der Waals surface area contributed by atoms with Crippen molar-refractivity contribution >= 4 is 33.9 Å². The molecule has 0 amide bonds. The fourth-order valence-electron chi connectivity index (χ4n) is 2.35. The van der Waals surface area contributed by atoms with Gasteiger partial charge in [0.25, 0.3) is 0 Å². The number of hydrogen-bond donors (Lipinski definition) is 0. The summed E-state index contributed by atoms with van der Waals surface area (Å²) in [6.45, 7) is 3.87. The molecular weight excluding hydrogens is 384 g/mol. The minimum Gasteiger partial charge on any atom is -0.465 e. The third kappa shape index (κ3) is 6.50. The molecule has 0 radical (unpaired) electrons. The highest BCUT2D eigenvalue weighted by molar-refractivity contribution is 9.09. The second kappa shape index (κ2) is 11.6. The summed E-state index contributed by atoms with van der Waals surface area (Å²) < 4.78 is 10.4. The Bertz CT molecular complexity index is 575. The van der Waals surface area contributed by atoms with Crippen molar-refractivity contribution in [3.8, 4) is 0 Å². The van der Waals surface area contributed by atoms with Crippen molar-refractivity contribution in [2.75, 3.05) is 18.5 Å². The number of benzene rings is 1. The van der Waals surface area contributed by atoms with Gasteiger partial charge in [-0.2, -0.15) is 0 Å². The summed E-state index contributed by atoms with van der Waals surface area (Å²) in [6.07, 6.45) is 7.82. The van der Waals surface area contributed by atoms with Crippen molar-refractivity contribution in [3.05, 3.63) is 54.1 Å². The van der Waals surface area contributed by atoms with Crippen LogP contribution in [0.15, 0.2) is 48.6 Å². The Hall–Kier alpha value is -1.88. The zero-order chi connectivity index (χ0) is 18.5. The fourth-order valence-corrected chi connectivity index (χ4v) is 2.61. The summed E-state index contributed by atoms with van der Waals surface area (Å²) in [7, 11) is 0. The zero-order valence-electron chi connectivity index (χ0n) is 14.7. The summed E-state index contributed by atoms with van der Waals surface area (Å²) in [4.78, 5) is 25.2. The molecule has 0 heterocycles. The molecule has 25 heavy (non-hydrogen) atoms. The molecule has 0 aliphatic heterocycles. The number of rotatable bonds is 10. The number of halogens is 1. The molecule has 1 rings (SSSR count). The number of ether oxygens (including phenoxy) is 2. The summed E-state index contributed by atoms with van der Waals surface area (Å²) >= 11 is 3.30. The van der Waals surface area contributed by atoms with Gasteiger partial charge in [-0.05, 0) is 32.3 Å². The van der Waals surface area contributed by atoms with Gasteiger partial charge in [0.05, 0.1) is 13.2 Å². The van der Waals surface area contributed by atoms with E-state index < -0.39 is 17.4 Å². The maximum Gasteiger partial charge on any atom is 0.324 e. The molecule has 0 atom stereocenters. The molecule has 0 spiro atoms. The summed E-state index contributed by atoms with van der Waals surface area (Å²) in [5, 5.41) is 0.647. The number of esters is 2. The molecule has 0 fully saturated rings. The van der Waals surface area contributed by atoms with Crippen LogP contribution in [-0.4, -0.2) is 30.5 Å². The molecule has 0 bridgehead atoms. The molecule has 0 saturated carbocycles. The highest BCUT2D eigenvalue weighted by Crippen LogP contribution is 2.32. The fraction of sp³-hybridized carbons (Fsp3) is 0.400. The van der Waals surface area contributed by atoms with Gasteiger partial charge < -0.3 is 9.47 Å². The normalized spacial score (nSPS) is 11.8. The predicted molar refractivity (Wildman–Crippen MR) is 103 cm³/mol. The van der Waals surface area contributed by atoms with Gasteiger partial charge in [-0.25, -0.2) is 0 Å². The van der Waals surface area contributed by atoms with E-state index in [4.69, 9.17) is 9.47 Å². The smallest absolute Gasteiger partial charge is 0.324 e. The average Bonchev–Trinajstić information content (AvgIpc) is 2.61. The van der Waals surface area contributed by atoms with Gasteiger partial charge in [-0.3, -0.25) is 9.59 Å². The minimum absolute atomic E-state index is 0.213. The van der Waals surface area contributed by atoms with Gasteiger partial charge in [0, 0.05) is 5.33 Å². The lowest BCUT2D eigenvalue weighted by Gasteiger charge is -2.27. The summed E-state index contributed by atoms with van der Waals surface area (Å²) in [5.74, 6) is -1.10. The van der Waals surface area contributed by atoms with E-state index in [-0.39, 0.29) is 26.1 Å². The molecular formula is C20H25BrO4. The summed E-state index contributed by atoms with van der Waals surface area (Å²) in [6, 6.07) is 9.71. The first kappa shape index (κ1) is 21.2. The van der Waals surface area contributed by atoms with Crippen LogP contribution in [0.25, 0.3) is 6.08 Å². The quantitative estimate of drug-likeness (QED) is 0.246. The Morgan fingerprint density at radius 1 is 0.960 bits per heavy atom. The highest BCUT2D eigenvalue weighted by Gasteiger charge is 2.47. The van der Waals surface area contributed by atoms with Gasteiger partial charge in [0.15, 0.2) is 5.41 Å². The number of hydrogen-bond acceptors (Lipinski definition) is 4. The monoisotopic (exact) mass is 408 g/mol. The average molecular weight is 409 g/mol. The standard InChI is InChI=1S/C20H25BrO4/c1-3-24-18(22)20(14-8-9-16-21,19(23)25-4-2)15-10-13-17-11-6-5-7-12-17/h5-13H,3-4,14-16H2,1-2H3/b9-8-,13-10+. The predicted octanol–water partition coefficient (Wildman–Crippen LogP) is 4.54. The molecule has 4 nitrogen and oxygen atoms in total. The van der Waals surface area contributed by atoms with Crippen molar-refractivity contribution in [2.45, 2.75) is 26.7 Å². The van der Waals surface area contributed by atoms with Crippen molar-refractivity contribution in [2.24, 2.45) is 5.41 Å².